The number of fused-ring (bicyclic) bond motifs is 1. The number of aryl methyl sites for hydroxylation is 1. The van der Waals surface area contributed by atoms with Gasteiger partial charge in [0, 0.05) is 26.5 Å². The van der Waals surface area contributed by atoms with Crippen molar-refractivity contribution in [1.29, 1.82) is 0 Å². The van der Waals surface area contributed by atoms with Crippen LogP contribution < -0.4 is 0 Å². The topological polar surface area (TPSA) is 70.4 Å². The molecule has 0 spiro atoms. The number of nitrogens with zero attached hydrogens (tertiary/aromatic N) is 2. The Morgan fingerprint density at radius 1 is 1.24 bits per heavy atom. The van der Waals surface area contributed by atoms with E-state index in [4.69, 9.17) is 9.47 Å². The van der Waals surface area contributed by atoms with Gasteiger partial charge in [0.1, 0.15) is 0 Å². The second kappa shape index (κ2) is 6.13. The van der Waals surface area contributed by atoms with Gasteiger partial charge in [-0.15, -0.1) is 0 Å². The van der Waals surface area contributed by atoms with Crippen molar-refractivity contribution in [3.8, 4) is 0 Å². The van der Waals surface area contributed by atoms with Gasteiger partial charge in [0.15, 0.2) is 15.7 Å². The second-order valence-electron chi connectivity index (χ2n) is 4.69. The Kier molecular flexibility index (Phi) is 4.65. The molecule has 0 N–H and O–H groups in total. The summed E-state index contributed by atoms with van der Waals surface area (Å²) in [5.74, 6) is 0.624. The minimum atomic E-state index is -3.25. The maximum absolute atomic E-state index is 11.6. The summed E-state index contributed by atoms with van der Waals surface area (Å²) >= 11 is 0. The van der Waals surface area contributed by atoms with Crippen LogP contribution in [0.5, 0.6) is 0 Å². The van der Waals surface area contributed by atoms with Crippen molar-refractivity contribution in [1.82, 2.24) is 9.55 Å². The maximum Gasteiger partial charge on any atom is 0.217 e. The summed E-state index contributed by atoms with van der Waals surface area (Å²) in [6.07, 6.45) is 0.625. The van der Waals surface area contributed by atoms with Crippen LogP contribution in [0.25, 0.3) is 11.0 Å². The Morgan fingerprint density at radius 2 is 1.86 bits per heavy atom. The number of hydrogen-bond acceptors (Lipinski definition) is 5. The van der Waals surface area contributed by atoms with E-state index in [-0.39, 0.29) is 4.90 Å². The Labute approximate surface area is 124 Å². The van der Waals surface area contributed by atoms with E-state index in [1.165, 1.54) is 6.26 Å². The molecule has 7 heteroatoms. The zero-order valence-electron chi connectivity index (χ0n) is 12.7. The molecule has 0 aliphatic rings. The Balaban J connectivity index is 2.53. The molecule has 2 rings (SSSR count). The van der Waals surface area contributed by atoms with Crippen molar-refractivity contribution in [2.45, 2.75) is 25.0 Å². The molecule has 1 aromatic heterocycles. The summed E-state index contributed by atoms with van der Waals surface area (Å²) < 4.78 is 36.2. The predicted molar refractivity (Wildman–Crippen MR) is 79.8 cm³/mol. The largest absolute Gasteiger partial charge is 0.346 e. The molecule has 21 heavy (non-hydrogen) atoms. The molecule has 1 heterocycles. The van der Waals surface area contributed by atoms with E-state index in [0.29, 0.717) is 24.6 Å². The highest BCUT2D eigenvalue weighted by atomic mass is 32.2. The fourth-order valence-electron chi connectivity index (χ4n) is 2.14. The molecule has 0 atom stereocenters. The Bertz CT molecular complexity index is 731. The molecule has 0 aliphatic heterocycles. The summed E-state index contributed by atoms with van der Waals surface area (Å²) in [4.78, 5) is 4.73. The highest BCUT2D eigenvalue weighted by Crippen LogP contribution is 2.25. The minimum Gasteiger partial charge on any atom is -0.346 e. The molecule has 0 saturated carbocycles. The van der Waals surface area contributed by atoms with Crippen molar-refractivity contribution < 1.29 is 17.9 Å². The zero-order valence-corrected chi connectivity index (χ0v) is 13.5. The lowest BCUT2D eigenvalue weighted by Gasteiger charge is -2.16. The molecular weight excluding hydrogens is 292 g/mol. The number of hydrogen-bond donors (Lipinski definition) is 0. The molecule has 0 radical (unpaired) electrons. The fourth-order valence-corrected chi connectivity index (χ4v) is 2.78. The average molecular weight is 312 g/mol. The van der Waals surface area contributed by atoms with Gasteiger partial charge in [-0.05, 0) is 32.0 Å². The first-order chi connectivity index (χ1) is 9.88. The lowest BCUT2D eigenvalue weighted by molar-refractivity contribution is -0.146. The fraction of sp³-hybridized carbons (Fsp3) is 0.500. The molecular formula is C14H20N2O4S. The number of aromatic nitrogens is 2. The number of imidazole rings is 1. The third-order valence-electron chi connectivity index (χ3n) is 3.16. The van der Waals surface area contributed by atoms with E-state index in [1.807, 2.05) is 25.5 Å². The average Bonchev–Trinajstić information content (AvgIpc) is 2.74. The highest BCUT2D eigenvalue weighted by molar-refractivity contribution is 7.90. The SMILES string of the molecule is CCOC(OCC)c1nc2cc(S(C)(=O)=O)ccc2n1C. The number of benzene rings is 1. The summed E-state index contributed by atoms with van der Waals surface area (Å²) in [6, 6.07) is 4.90. The molecule has 0 amide bonds. The standard InChI is InChI=1S/C14H20N2O4S/c1-5-19-14(20-6-2)13-15-11-9-10(21(4,17)18)7-8-12(11)16(13)3/h7-9,14H,5-6H2,1-4H3. The van der Waals surface area contributed by atoms with E-state index in [2.05, 4.69) is 4.98 Å². The Hall–Kier alpha value is -1.44. The predicted octanol–water partition coefficient (Wildman–Crippen LogP) is 2.05. The van der Waals surface area contributed by atoms with Gasteiger partial charge in [0.2, 0.25) is 6.29 Å². The van der Waals surface area contributed by atoms with Crippen molar-refractivity contribution >= 4 is 20.9 Å². The van der Waals surface area contributed by atoms with Crippen LogP contribution in [0.2, 0.25) is 0 Å². The van der Waals surface area contributed by atoms with E-state index in [1.54, 1.807) is 18.2 Å². The first-order valence-corrected chi connectivity index (χ1v) is 8.67. The lowest BCUT2D eigenvalue weighted by Crippen LogP contribution is -2.13. The van der Waals surface area contributed by atoms with Crippen LogP contribution in [0.1, 0.15) is 26.0 Å². The van der Waals surface area contributed by atoms with Crippen LogP contribution >= 0.6 is 0 Å². The summed E-state index contributed by atoms with van der Waals surface area (Å²) in [5, 5.41) is 0. The molecule has 0 bridgehead atoms. The van der Waals surface area contributed by atoms with Crippen LogP contribution in [0.15, 0.2) is 23.1 Å². The lowest BCUT2D eigenvalue weighted by atomic mass is 10.3. The van der Waals surface area contributed by atoms with Crippen LogP contribution in [0.4, 0.5) is 0 Å². The van der Waals surface area contributed by atoms with E-state index < -0.39 is 16.1 Å². The van der Waals surface area contributed by atoms with E-state index >= 15 is 0 Å². The minimum absolute atomic E-state index is 0.254. The van der Waals surface area contributed by atoms with Gasteiger partial charge in [-0.2, -0.15) is 0 Å². The Morgan fingerprint density at radius 3 is 2.38 bits per heavy atom. The third kappa shape index (κ3) is 3.25. The van der Waals surface area contributed by atoms with Gasteiger partial charge in [-0.25, -0.2) is 13.4 Å². The van der Waals surface area contributed by atoms with Gasteiger partial charge in [0.25, 0.3) is 0 Å². The monoisotopic (exact) mass is 312 g/mol. The van der Waals surface area contributed by atoms with E-state index in [0.717, 1.165) is 5.52 Å². The van der Waals surface area contributed by atoms with Gasteiger partial charge < -0.3 is 14.0 Å². The van der Waals surface area contributed by atoms with Crippen molar-refractivity contribution in [2.24, 2.45) is 7.05 Å². The molecule has 1 aromatic carbocycles. The molecule has 0 aliphatic carbocycles. The zero-order chi connectivity index (χ0) is 15.6. The smallest absolute Gasteiger partial charge is 0.217 e. The first-order valence-electron chi connectivity index (χ1n) is 6.78. The van der Waals surface area contributed by atoms with Crippen LogP contribution in [0, 0.1) is 0 Å². The summed E-state index contributed by atoms with van der Waals surface area (Å²) in [6.45, 7) is 4.78. The van der Waals surface area contributed by atoms with Crippen molar-refractivity contribution in [3.05, 3.63) is 24.0 Å². The van der Waals surface area contributed by atoms with Crippen molar-refractivity contribution in [2.75, 3.05) is 19.5 Å². The molecule has 0 fully saturated rings. The highest BCUT2D eigenvalue weighted by Gasteiger charge is 2.20. The summed E-state index contributed by atoms with van der Waals surface area (Å²) in [7, 11) is -1.39. The molecule has 6 nitrogen and oxygen atoms in total. The summed E-state index contributed by atoms with van der Waals surface area (Å²) in [5.41, 5.74) is 1.45. The van der Waals surface area contributed by atoms with Gasteiger partial charge in [-0.1, -0.05) is 0 Å². The molecule has 0 unspecified atom stereocenters. The van der Waals surface area contributed by atoms with E-state index in [9.17, 15) is 8.42 Å². The van der Waals surface area contributed by atoms with Gasteiger partial charge >= 0.3 is 0 Å². The normalized spacial score (nSPS) is 12.4. The number of ether oxygens (including phenoxy) is 2. The first kappa shape index (κ1) is 15.9. The van der Waals surface area contributed by atoms with Gasteiger partial charge in [0.05, 0.1) is 15.9 Å². The van der Waals surface area contributed by atoms with Crippen LogP contribution in [0.3, 0.4) is 0 Å². The number of rotatable bonds is 6. The van der Waals surface area contributed by atoms with Gasteiger partial charge in [-0.3, -0.25) is 0 Å². The van der Waals surface area contributed by atoms with Crippen LogP contribution in [-0.2, 0) is 26.4 Å². The van der Waals surface area contributed by atoms with Crippen LogP contribution in [-0.4, -0.2) is 37.4 Å². The number of sulfone groups is 1. The second-order valence-corrected chi connectivity index (χ2v) is 6.71. The maximum atomic E-state index is 11.6. The quantitative estimate of drug-likeness (QED) is 0.764. The molecule has 2 aromatic rings. The third-order valence-corrected chi connectivity index (χ3v) is 4.27. The molecule has 116 valence electrons. The van der Waals surface area contributed by atoms with Crippen molar-refractivity contribution in [3.63, 3.8) is 0 Å². The molecule has 0 saturated heterocycles.